The molecule has 4 heteroatoms. The molecule has 0 N–H and O–H groups in total. The highest BCUT2D eigenvalue weighted by Gasteiger charge is 2.23. The van der Waals surface area contributed by atoms with E-state index in [2.05, 4.69) is 24.3 Å². The van der Waals surface area contributed by atoms with Gasteiger partial charge in [-0.25, -0.2) is 0 Å². The minimum atomic E-state index is 0.877. The van der Waals surface area contributed by atoms with Gasteiger partial charge in [-0.1, -0.05) is 0 Å². The fourth-order valence-corrected chi connectivity index (χ4v) is 4.07. The Balaban J connectivity index is 2.28. The van der Waals surface area contributed by atoms with Gasteiger partial charge in [0.15, 0.2) is 0 Å². The molecule has 0 aliphatic heterocycles. The second kappa shape index (κ2) is 8.59. The number of ether oxygens (including phenoxy) is 4. The number of methoxy groups -OCH3 is 4. The van der Waals surface area contributed by atoms with E-state index < -0.39 is 0 Å². The molecule has 1 aliphatic rings. The quantitative estimate of drug-likeness (QED) is 0.630. The van der Waals surface area contributed by atoms with Gasteiger partial charge in [-0.2, -0.15) is 0 Å². The van der Waals surface area contributed by atoms with Crippen LogP contribution in [0.5, 0.6) is 23.0 Å². The second-order valence-corrected chi connectivity index (χ2v) is 7.21. The Kier molecular flexibility index (Phi) is 6.18. The monoisotopic (exact) mass is 382 g/mol. The van der Waals surface area contributed by atoms with Crippen molar-refractivity contribution in [1.29, 1.82) is 0 Å². The third-order valence-electron chi connectivity index (χ3n) is 5.55. The predicted octanol–water partition coefficient (Wildman–Crippen LogP) is 5.82. The van der Waals surface area contributed by atoms with Gasteiger partial charge in [-0.05, 0) is 86.1 Å². The Bertz CT molecular complexity index is 822. The zero-order valence-corrected chi connectivity index (χ0v) is 17.8. The van der Waals surface area contributed by atoms with Crippen LogP contribution in [0.1, 0.15) is 47.9 Å². The smallest absolute Gasteiger partial charge is 0.126 e. The van der Waals surface area contributed by atoms with Crippen LogP contribution in [0.15, 0.2) is 24.3 Å². The number of hydrogen-bond donors (Lipinski definition) is 0. The highest BCUT2D eigenvalue weighted by molar-refractivity contribution is 5.95. The van der Waals surface area contributed by atoms with E-state index in [-0.39, 0.29) is 0 Å². The molecule has 0 fully saturated rings. The molecule has 0 unspecified atom stereocenters. The van der Waals surface area contributed by atoms with Gasteiger partial charge in [0, 0.05) is 11.1 Å². The molecule has 0 heterocycles. The van der Waals surface area contributed by atoms with E-state index in [0.29, 0.717) is 0 Å². The number of aryl methyl sites for hydroxylation is 2. The molecule has 28 heavy (non-hydrogen) atoms. The molecule has 0 amide bonds. The zero-order chi connectivity index (χ0) is 20.3. The third-order valence-corrected chi connectivity index (χ3v) is 5.55. The first-order chi connectivity index (χ1) is 13.5. The van der Waals surface area contributed by atoms with Crippen molar-refractivity contribution in [3.8, 4) is 23.0 Å². The number of hydrogen-bond acceptors (Lipinski definition) is 4. The normalized spacial score (nSPS) is 14.1. The summed E-state index contributed by atoms with van der Waals surface area (Å²) in [6.45, 7) is 4.07. The van der Waals surface area contributed by atoms with Crippen molar-refractivity contribution in [3.63, 3.8) is 0 Å². The SMILES string of the molecule is COc1cc(C2=C(c3cc(OC)c(C)cc3OC)CCCC2)c(OC)cc1C. The molecule has 2 aromatic rings. The van der Waals surface area contributed by atoms with E-state index in [1.807, 2.05) is 13.8 Å². The maximum absolute atomic E-state index is 5.74. The highest BCUT2D eigenvalue weighted by atomic mass is 16.5. The average Bonchev–Trinajstić information content (AvgIpc) is 2.73. The molecule has 1 aliphatic carbocycles. The summed E-state index contributed by atoms with van der Waals surface area (Å²) in [5.74, 6) is 3.51. The molecule has 3 rings (SSSR count). The summed E-state index contributed by atoms with van der Waals surface area (Å²) in [5, 5.41) is 0. The molecule has 0 saturated carbocycles. The van der Waals surface area contributed by atoms with Crippen molar-refractivity contribution in [2.24, 2.45) is 0 Å². The summed E-state index contributed by atoms with van der Waals surface area (Å²) >= 11 is 0. The standard InChI is InChI=1S/C24H30O4/c1-15-11-23(27-5)19(13-21(15)25-3)17-9-7-8-10-18(17)20-14-22(26-4)16(2)12-24(20)28-6/h11-14H,7-10H2,1-6H3. The predicted molar refractivity (Wildman–Crippen MR) is 114 cm³/mol. The molecule has 0 saturated heterocycles. The van der Waals surface area contributed by atoms with Gasteiger partial charge in [0.25, 0.3) is 0 Å². The first-order valence-corrected chi connectivity index (χ1v) is 9.72. The van der Waals surface area contributed by atoms with E-state index in [0.717, 1.165) is 70.9 Å². The average molecular weight is 383 g/mol. The zero-order valence-electron chi connectivity index (χ0n) is 17.8. The number of allylic oxidation sites excluding steroid dienone is 2. The highest BCUT2D eigenvalue weighted by Crippen LogP contribution is 2.46. The van der Waals surface area contributed by atoms with Crippen molar-refractivity contribution < 1.29 is 18.9 Å². The summed E-state index contributed by atoms with van der Waals surface area (Å²) in [7, 11) is 6.87. The third kappa shape index (κ3) is 3.68. The van der Waals surface area contributed by atoms with Gasteiger partial charge in [0.1, 0.15) is 23.0 Å². The summed E-state index contributed by atoms with van der Waals surface area (Å²) in [5.41, 5.74) is 6.92. The largest absolute Gasteiger partial charge is 0.496 e. The summed E-state index contributed by atoms with van der Waals surface area (Å²) in [6.07, 6.45) is 4.31. The summed E-state index contributed by atoms with van der Waals surface area (Å²) < 4.78 is 22.7. The maximum atomic E-state index is 5.74. The van der Waals surface area contributed by atoms with Gasteiger partial charge in [0.2, 0.25) is 0 Å². The van der Waals surface area contributed by atoms with Crippen LogP contribution in [0.3, 0.4) is 0 Å². The Morgan fingerprint density at radius 2 is 0.893 bits per heavy atom. The lowest BCUT2D eigenvalue weighted by Crippen LogP contribution is -2.04. The molecule has 150 valence electrons. The van der Waals surface area contributed by atoms with E-state index >= 15 is 0 Å². The van der Waals surface area contributed by atoms with Crippen molar-refractivity contribution in [3.05, 3.63) is 46.5 Å². The molecule has 0 atom stereocenters. The van der Waals surface area contributed by atoms with Gasteiger partial charge in [-0.15, -0.1) is 0 Å². The van der Waals surface area contributed by atoms with Crippen molar-refractivity contribution in [2.75, 3.05) is 28.4 Å². The maximum Gasteiger partial charge on any atom is 0.126 e. The fraction of sp³-hybridized carbons (Fsp3) is 0.417. The molecule has 0 spiro atoms. The lowest BCUT2D eigenvalue weighted by atomic mass is 9.82. The molecular formula is C24H30O4. The second-order valence-electron chi connectivity index (χ2n) is 7.21. The lowest BCUT2D eigenvalue weighted by molar-refractivity contribution is 0.398. The van der Waals surface area contributed by atoms with Crippen molar-refractivity contribution >= 4 is 11.1 Å². The minimum absolute atomic E-state index is 0.877. The van der Waals surface area contributed by atoms with E-state index in [9.17, 15) is 0 Å². The Hall–Kier alpha value is -2.62. The minimum Gasteiger partial charge on any atom is -0.496 e. The Labute approximate surface area is 168 Å². The molecule has 0 radical (unpaired) electrons. The van der Waals surface area contributed by atoms with Crippen molar-refractivity contribution in [2.45, 2.75) is 39.5 Å². The van der Waals surface area contributed by atoms with Crippen LogP contribution < -0.4 is 18.9 Å². The fourth-order valence-electron chi connectivity index (χ4n) is 4.07. The van der Waals surface area contributed by atoms with E-state index in [1.54, 1.807) is 28.4 Å². The molecular weight excluding hydrogens is 352 g/mol. The van der Waals surface area contributed by atoms with Gasteiger partial charge >= 0.3 is 0 Å². The Morgan fingerprint density at radius 1 is 0.536 bits per heavy atom. The van der Waals surface area contributed by atoms with Gasteiger partial charge in [-0.3, -0.25) is 0 Å². The summed E-state index contributed by atoms with van der Waals surface area (Å²) in [4.78, 5) is 0. The topological polar surface area (TPSA) is 36.9 Å². The van der Waals surface area contributed by atoms with Crippen LogP contribution in [0.4, 0.5) is 0 Å². The van der Waals surface area contributed by atoms with E-state index in [1.165, 1.54) is 11.1 Å². The molecule has 4 nitrogen and oxygen atoms in total. The van der Waals surface area contributed by atoms with Crippen LogP contribution in [-0.2, 0) is 0 Å². The van der Waals surface area contributed by atoms with E-state index in [4.69, 9.17) is 18.9 Å². The Morgan fingerprint density at radius 3 is 1.21 bits per heavy atom. The summed E-state index contributed by atoms with van der Waals surface area (Å²) in [6, 6.07) is 8.32. The first kappa shape index (κ1) is 20.1. The van der Waals surface area contributed by atoms with Crippen LogP contribution >= 0.6 is 0 Å². The van der Waals surface area contributed by atoms with Crippen LogP contribution in [0.25, 0.3) is 11.1 Å². The van der Waals surface area contributed by atoms with Crippen LogP contribution in [0.2, 0.25) is 0 Å². The first-order valence-electron chi connectivity index (χ1n) is 9.72. The molecule has 0 bridgehead atoms. The molecule has 2 aromatic carbocycles. The number of rotatable bonds is 6. The van der Waals surface area contributed by atoms with Crippen LogP contribution in [-0.4, -0.2) is 28.4 Å². The van der Waals surface area contributed by atoms with Crippen LogP contribution in [0, 0.1) is 13.8 Å². The molecule has 0 aromatic heterocycles. The van der Waals surface area contributed by atoms with Crippen molar-refractivity contribution in [1.82, 2.24) is 0 Å². The lowest BCUT2D eigenvalue weighted by Gasteiger charge is -2.25. The number of benzene rings is 2. The van der Waals surface area contributed by atoms with Gasteiger partial charge < -0.3 is 18.9 Å². The van der Waals surface area contributed by atoms with Gasteiger partial charge in [0.05, 0.1) is 28.4 Å².